The van der Waals surface area contributed by atoms with Crippen LogP contribution in [0, 0.1) is 0 Å². The van der Waals surface area contributed by atoms with E-state index in [0.29, 0.717) is 0 Å². The number of thiophene rings is 4. The molecule has 0 fully saturated rings. The Morgan fingerprint density at radius 3 is 0.963 bits per heavy atom. The molecule has 0 aliphatic carbocycles. The van der Waals surface area contributed by atoms with Crippen LogP contribution in [-0.2, 0) is 38.5 Å². The first-order valence-electron chi connectivity index (χ1n) is 23.5. The van der Waals surface area contributed by atoms with Gasteiger partial charge in [0.15, 0.2) is 0 Å². The van der Waals surface area contributed by atoms with Crippen molar-refractivity contribution < 1.29 is 0 Å². The van der Waals surface area contributed by atoms with Gasteiger partial charge in [0, 0.05) is 40.2 Å². The number of hydrogen-bond acceptors (Lipinski definition) is 4. The molecule has 0 saturated carbocycles. The van der Waals surface area contributed by atoms with E-state index in [1.807, 2.05) is 0 Å². The van der Waals surface area contributed by atoms with Gasteiger partial charge in [-0.1, -0.05) is 157 Å². The van der Waals surface area contributed by atoms with Crippen LogP contribution >= 0.6 is 45.3 Å². The molecule has 54 heavy (non-hydrogen) atoms. The van der Waals surface area contributed by atoms with Gasteiger partial charge in [-0.25, -0.2) is 0 Å². The number of rotatable bonds is 30. The minimum absolute atomic E-state index is 1.28. The summed E-state index contributed by atoms with van der Waals surface area (Å²) < 4.78 is 8.46. The van der Waals surface area contributed by atoms with Crippen LogP contribution in [0.1, 0.15) is 227 Å². The van der Waals surface area contributed by atoms with Gasteiger partial charge in [0.25, 0.3) is 0 Å². The number of unbranched alkanes of at least 4 members (excludes halogenated alkanes) is 18. The highest BCUT2D eigenvalue weighted by molar-refractivity contribution is 7.35. The standard InChI is InChI=1S/C50H78S4/c1-7-13-19-25-31-37-40(34-28-22-16-10-4)51-48-43(37)45-47(44-38(32-26-20-14-8-2)41(52-49(44)48)35-29-23-17-11-5)54-46-39(33-27-21-15-9-3)42(53-50(45)46)36-30-24-18-12-6/h7-36H2,1-6H3. The van der Waals surface area contributed by atoms with Gasteiger partial charge in [-0.05, 0) is 93.7 Å². The zero-order chi connectivity index (χ0) is 38.1. The Balaban J connectivity index is 1.78. The summed E-state index contributed by atoms with van der Waals surface area (Å²) in [5.41, 5.74) is 5.32. The van der Waals surface area contributed by atoms with Gasteiger partial charge in [-0.2, -0.15) is 0 Å². The van der Waals surface area contributed by atoms with Crippen LogP contribution in [0.2, 0.25) is 0 Å². The van der Waals surface area contributed by atoms with Crippen molar-refractivity contribution in [3.63, 3.8) is 0 Å². The van der Waals surface area contributed by atoms with Crippen LogP contribution in [0.25, 0.3) is 39.7 Å². The van der Waals surface area contributed by atoms with Gasteiger partial charge in [-0.15, -0.1) is 45.3 Å². The second-order valence-electron chi connectivity index (χ2n) is 16.7. The lowest BCUT2D eigenvalue weighted by Gasteiger charge is -2.09. The monoisotopic (exact) mass is 806 g/mol. The minimum Gasteiger partial charge on any atom is -0.138 e. The molecule has 0 radical (unpaired) electrons. The summed E-state index contributed by atoms with van der Waals surface area (Å²) in [6.45, 7) is 14.2. The third kappa shape index (κ3) is 11.2. The Kier molecular flexibility index (Phi) is 19.7. The molecule has 0 aliphatic rings. The van der Waals surface area contributed by atoms with Crippen LogP contribution in [0.3, 0.4) is 0 Å². The van der Waals surface area contributed by atoms with Crippen molar-refractivity contribution >= 4 is 85.0 Å². The Labute approximate surface area is 348 Å². The molecule has 0 saturated heterocycles. The Hall–Kier alpha value is -0.940. The summed E-state index contributed by atoms with van der Waals surface area (Å²) in [5, 5.41) is 5.16. The molecule has 5 aromatic rings. The molecule has 0 bridgehead atoms. The summed E-state index contributed by atoms with van der Waals surface area (Å²) in [4.78, 5) is 5.26. The summed E-state index contributed by atoms with van der Waals surface area (Å²) in [6, 6.07) is 0. The van der Waals surface area contributed by atoms with Gasteiger partial charge >= 0.3 is 0 Å². The predicted molar refractivity (Wildman–Crippen MR) is 255 cm³/mol. The molecular weight excluding hydrogens is 729 g/mol. The van der Waals surface area contributed by atoms with Gasteiger partial charge in [0.1, 0.15) is 0 Å². The maximum absolute atomic E-state index is 2.37. The van der Waals surface area contributed by atoms with Crippen LogP contribution < -0.4 is 0 Å². The topological polar surface area (TPSA) is 0 Å². The van der Waals surface area contributed by atoms with E-state index in [2.05, 4.69) is 86.9 Å². The van der Waals surface area contributed by atoms with Crippen molar-refractivity contribution in [2.24, 2.45) is 0 Å². The van der Waals surface area contributed by atoms with Gasteiger partial charge < -0.3 is 0 Å². The van der Waals surface area contributed by atoms with E-state index in [4.69, 9.17) is 0 Å². The summed E-state index contributed by atoms with van der Waals surface area (Å²) in [7, 11) is 0. The van der Waals surface area contributed by atoms with Crippen LogP contribution in [0.5, 0.6) is 0 Å². The number of aryl methyl sites for hydroxylation is 6. The van der Waals surface area contributed by atoms with E-state index in [-0.39, 0.29) is 0 Å². The molecule has 0 unspecified atom stereocenters. The first-order valence-corrected chi connectivity index (χ1v) is 26.8. The first-order chi connectivity index (χ1) is 26.6. The number of benzene rings is 1. The maximum Gasteiger partial charge on any atom is 0.0542 e. The van der Waals surface area contributed by atoms with E-state index < -0.39 is 0 Å². The smallest absolute Gasteiger partial charge is 0.0542 e. The van der Waals surface area contributed by atoms with E-state index in [0.717, 1.165) is 0 Å². The normalized spacial score (nSPS) is 12.3. The van der Waals surface area contributed by atoms with Gasteiger partial charge in [0.2, 0.25) is 0 Å². The number of fused-ring (bicyclic) bond motifs is 8. The molecular formula is C50H78S4. The highest BCUT2D eigenvalue weighted by atomic mass is 32.1. The van der Waals surface area contributed by atoms with Crippen molar-refractivity contribution in [2.45, 2.75) is 234 Å². The molecule has 0 atom stereocenters. The quantitative estimate of drug-likeness (QED) is 0.0406. The molecule has 4 heteroatoms. The molecule has 302 valence electrons. The van der Waals surface area contributed by atoms with Crippen LogP contribution in [-0.4, -0.2) is 0 Å². The minimum atomic E-state index is 1.28. The van der Waals surface area contributed by atoms with Gasteiger partial charge in [-0.3, -0.25) is 0 Å². The Bertz CT molecular complexity index is 1800. The van der Waals surface area contributed by atoms with Crippen LogP contribution in [0.4, 0.5) is 0 Å². The highest BCUT2D eigenvalue weighted by Crippen LogP contribution is 2.55. The number of hydrogen-bond donors (Lipinski definition) is 0. The molecule has 0 aliphatic heterocycles. The molecule has 0 spiro atoms. The SMILES string of the molecule is CCCCCCc1sc2c(sc3c4c(CCCCCC)c(CCCCCC)sc4c4sc(CCCCCC)c(CCCCCC)c4c23)c1CCCCCC. The van der Waals surface area contributed by atoms with Crippen molar-refractivity contribution in [1.82, 2.24) is 0 Å². The highest BCUT2D eigenvalue weighted by Gasteiger charge is 2.28. The van der Waals surface area contributed by atoms with E-state index in [1.165, 1.54) is 193 Å². The average Bonchev–Trinajstić information content (AvgIpc) is 3.92. The lowest BCUT2D eigenvalue weighted by atomic mass is 9.95. The second-order valence-corrected chi connectivity index (χ2v) is 21.1. The van der Waals surface area contributed by atoms with E-state index in [9.17, 15) is 0 Å². The Morgan fingerprint density at radius 2 is 0.556 bits per heavy atom. The lowest BCUT2D eigenvalue weighted by molar-refractivity contribution is 0.656. The zero-order valence-electron chi connectivity index (χ0n) is 35.8. The largest absolute Gasteiger partial charge is 0.138 e. The fourth-order valence-corrected chi connectivity index (χ4v) is 15.1. The van der Waals surface area contributed by atoms with Crippen molar-refractivity contribution in [2.75, 3.05) is 0 Å². The van der Waals surface area contributed by atoms with Crippen molar-refractivity contribution in [1.29, 1.82) is 0 Å². The summed E-state index contributed by atoms with van der Waals surface area (Å²) in [6.07, 6.45) is 40.3. The first kappa shape index (κ1) is 44.2. The second kappa shape index (κ2) is 24.1. The maximum atomic E-state index is 2.37. The third-order valence-corrected chi connectivity index (χ3v) is 17.6. The van der Waals surface area contributed by atoms with E-state index in [1.54, 1.807) is 71.0 Å². The van der Waals surface area contributed by atoms with E-state index >= 15 is 0 Å². The summed E-state index contributed by atoms with van der Waals surface area (Å²) >= 11 is 9.02. The van der Waals surface area contributed by atoms with Crippen molar-refractivity contribution in [3.05, 3.63) is 31.3 Å². The predicted octanol–water partition coefficient (Wildman–Crippen LogP) is 19.3. The van der Waals surface area contributed by atoms with Crippen molar-refractivity contribution in [3.8, 4) is 0 Å². The molecule has 0 N–H and O–H groups in total. The molecule has 1 aromatic carbocycles. The molecule has 0 nitrogen and oxygen atoms in total. The molecule has 0 amide bonds. The average molecular weight is 807 g/mol. The molecule has 4 heterocycles. The summed E-state index contributed by atoms with van der Waals surface area (Å²) in [5.74, 6) is 0. The lowest BCUT2D eigenvalue weighted by Crippen LogP contribution is -1.93. The van der Waals surface area contributed by atoms with Crippen LogP contribution in [0.15, 0.2) is 0 Å². The van der Waals surface area contributed by atoms with Gasteiger partial charge in [0.05, 0.1) is 14.1 Å². The molecule has 4 aromatic heterocycles. The molecule has 5 rings (SSSR count). The Morgan fingerprint density at radius 1 is 0.241 bits per heavy atom. The zero-order valence-corrected chi connectivity index (χ0v) is 39.1. The third-order valence-electron chi connectivity index (χ3n) is 12.2. The fourth-order valence-electron chi connectivity index (χ4n) is 8.99. The fraction of sp³-hybridized carbons (Fsp3) is 0.720.